The standard InChI is InChI=1S/C15H26O3/c1-3-4-5-6-7-8-9-10-11-12-18-15(17)14(2)13-16/h11-13,16H,3-10H2,1-2H3. The van der Waals surface area contributed by atoms with Gasteiger partial charge in [-0.15, -0.1) is 0 Å². The number of hydrogen-bond acceptors (Lipinski definition) is 3. The summed E-state index contributed by atoms with van der Waals surface area (Å²) < 4.78 is 4.81. The summed E-state index contributed by atoms with van der Waals surface area (Å²) in [6.07, 6.45) is 13.9. The number of rotatable bonds is 10. The van der Waals surface area contributed by atoms with E-state index < -0.39 is 5.97 Å². The zero-order valence-electron chi connectivity index (χ0n) is 11.7. The van der Waals surface area contributed by atoms with Gasteiger partial charge in [-0.2, -0.15) is 0 Å². The summed E-state index contributed by atoms with van der Waals surface area (Å²) in [7, 11) is 0. The maximum Gasteiger partial charge on any atom is 0.341 e. The van der Waals surface area contributed by atoms with Gasteiger partial charge < -0.3 is 9.84 Å². The molecule has 104 valence electrons. The van der Waals surface area contributed by atoms with Crippen molar-refractivity contribution in [1.29, 1.82) is 0 Å². The van der Waals surface area contributed by atoms with Gasteiger partial charge in [-0.1, -0.05) is 45.4 Å². The fraction of sp³-hybridized carbons (Fsp3) is 0.667. The molecular weight excluding hydrogens is 228 g/mol. The van der Waals surface area contributed by atoms with Crippen LogP contribution in [-0.4, -0.2) is 11.1 Å². The van der Waals surface area contributed by atoms with Gasteiger partial charge in [-0.25, -0.2) is 4.79 Å². The number of aliphatic hydroxyl groups is 1. The number of ether oxygens (including phenoxy) is 1. The summed E-state index contributed by atoms with van der Waals surface area (Å²) in [6, 6.07) is 0. The van der Waals surface area contributed by atoms with Crippen LogP contribution >= 0.6 is 0 Å². The minimum Gasteiger partial charge on any atom is -0.515 e. The van der Waals surface area contributed by atoms with Gasteiger partial charge in [0, 0.05) is 0 Å². The first-order valence-electron chi connectivity index (χ1n) is 6.89. The maximum atomic E-state index is 11.1. The van der Waals surface area contributed by atoms with E-state index in [1.807, 2.05) is 6.08 Å². The number of allylic oxidation sites excluding steroid dienone is 1. The molecule has 3 heteroatoms. The molecule has 0 aliphatic heterocycles. The highest BCUT2D eigenvalue weighted by Crippen LogP contribution is 2.08. The normalized spacial score (nSPS) is 12.0. The van der Waals surface area contributed by atoms with Crippen LogP contribution in [0.1, 0.15) is 65.2 Å². The highest BCUT2D eigenvalue weighted by Gasteiger charge is 2.02. The van der Waals surface area contributed by atoms with Gasteiger partial charge in [0.15, 0.2) is 0 Å². The van der Waals surface area contributed by atoms with Crippen LogP contribution in [0.4, 0.5) is 0 Å². The number of esters is 1. The molecule has 0 aliphatic carbocycles. The van der Waals surface area contributed by atoms with Crippen molar-refractivity contribution in [3.8, 4) is 0 Å². The summed E-state index contributed by atoms with van der Waals surface area (Å²) in [5.74, 6) is -0.506. The number of hydrogen-bond donors (Lipinski definition) is 1. The second-order valence-electron chi connectivity index (χ2n) is 4.50. The van der Waals surface area contributed by atoms with Crippen molar-refractivity contribution in [1.82, 2.24) is 0 Å². The molecule has 0 rings (SSSR count). The van der Waals surface area contributed by atoms with E-state index in [0.29, 0.717) is 0 Å². The van der Waals surface area contributed by atoms with Gasteiger partial charge >= 0.3 is 5.97 Å². The lowest BCUT2D eigenvalue weighted by Gasteiger charge is -1.99. The fourth-order valence-corrected chi connectivity index (χ4v) is 1.54. The number of carbonyl (C=O) groups excluding carboxylic acids is 1. The van der Waals surface area contributed by atoms with E-state index in [1.165, 1.54) is 51.7 Å². The molecule has 0 bridgehead atoms. The smallest absolute Gasteiger partial charge is 0.341 e. The van der Waals surface area contributed by atoms with Crippen LogP contribution in [0.2, 0.25) is 0 Å². The van der Waals surface area contributed by atoms with Crippen molar-refractivity contribution in [3.63, 3.8) is 0 Å². The first kappa shape index (κ1) is 16.8. The third kappa shape index (κ3) is 9.94. The molecule has 0 fully saturated rings. The topological polar surface area (TPSA) is 46.5 Å². The Balaban J connectivity index is 3.36. The number of carbonyl (C=O) groups is 1. The van der Waals surface area contributed by atoms with Crippen LogP contribution in [-0.2, 0) is 9.53 Å². The fourth-order valence-electron chi connectivity index (χ4n) is 1.54. The van der Waals surface area contributed by atoms with E-state index in [0.717, 1.165) is 19.1 Å². The molecule has 0 heterocycles. The first-order valence-corrected chi connectivity index (χ1v) is 6.89. The summed E-state index contributed by atoms with van der Waals surface area (Å²) in [5, 5.41) is 8.58. The molecular formula is C15H26O3. The molecule has 3 nitrogen and oxygen atoms in total. The molecule has 0 aromatic rings. The van der Waals surface area contributed by atoms with Gasteiger partial charge in [0.2, 0.25) is 0 Å². The lowest BCUT2D eigenvalue weighted by Crippen LogP contribution is -2.00. The Bertz CT molecular complexity index is 267. The largest absolute Gasteiger partial charge is 0.515 e. The van der Waals surface area contributed by atoms with Gasteiger partial charge in [0.25, 0.3) is 0 Å². The number of unbranched alkanes of at least 4 members (excludes halogenated alkanes) is 7. The molecule has 0 aromatic carbocycles. The van der Waals surface area contributed by atoms with E-state index in [-0.39, 0.29) is 5.57 Å². The Morgan fingerprint density at radius 2 is 1.72 bits per heavy atom. The predicted octanol–water partition coefficient (Wildman–Crippen LogP) is 4.65. The molecule has 0 atom stereocenters. The summed E-state index contributed by atoms with van der Waals surface area (Å²) in [6.45, 7) is 3.73. The summed E-state index contributed by atoms with van der Waals surface area (Å²) in [4.78, 5) is 11.1. The molecule has 0 aliphatic rings. The first-order chi connectivity index (χ1) is 8.72. The van der Waals surface area contributed by atoms with Crippen LogP contribution in [0.5, 0.6) is 0 Å². The minimum absolute atomic E-state index is 0.204. The van der Waals surface area contributed by atoms with Gasteiger partial charge in [0.1, 0.15) is 0 Å². The zero-order chi connectivity index (χ0) is 13.6. The van der Waals surface area contributed by atoms with Crippen LogP contribution in [0.25, 0.3) is 0 Å². The van der Waals surface area contributed by atoms with E-state index in [9.17, 15) is 4.79 Å². The Labute approximate surface area is 111 Å². The lowest BCUT2D eigenvalue weighted by atomic mass is 10.1. The molecule has 0 saturated heterocycles. The molecule has 0 amide bonds. The van der Waals surface area contributed by atoms with Crippen molar-refractivity contribution < 1.29 is 14.6 Å². The molecule has 0 spiro atoms. The van der Waals surface area contributed by atoms with Crippen molar-refractivity contribution >= 4 is 5.97 Å². The Hall–Kier alpha value is -1.25. The second-order valence-corrected chi connectivity index (χ2v) is 4.50. The highest BCUT2D eigenvalue weighted by molar-refractivity contribution is 5.87. The summed E-state index contributed by atoms with van der Waals surface area (Å²) >= 11 is 0. The summed E-state index contributed by atoms with van der Waals surface area (Å²) in [5.41, 5.74) is 0.204. The Kier molecular flexibility index (Phi) is 11.4. The van der Waals surface area contributed by atoms with Crippen LogP contribution in [0.3, 0.4) is 0 Å². The Morgan fingerprint density at radius 3 is 2.33 bits per heavy atom. The van der Waals surface area contributed by atoms with Crippen molar-refractivity contribution in [2.75, 3.05) is 0 Å². The molecule has 0 radical (unpaired) electrons. The molecule has 18 heavy (non-hydrogen) atoms. The molecule has 1 N–H and O–H groups in total. The molecule has 0 unspecified atom stereocenters. The maximum absolute atomic E-state index is 11.1. The Morgan fingerprint density at radius 1 is 1.11 bits per heavy atom. The predicted molar refractivity (Wildman–Crippen MR) is 74.2 cm³/mol. The SMILES string of the molecule is CCCCCCCCCC=COC(=O)C(C)=CO. The van der Waals surface area contributed by atoms with Gasteiger partial charge in [-0.3, -0.25) is 0 Å². The highest BCUT2D eigenvalue weighted by atomic mass is 16.5. The van der Waals surface area contributed by atoms with Crippen LogP contribution < -0.4 is 0 Å². The van der Waals surface area contributed by atoms with E-state index in [1.54, 1.807) is 0 Å². The third-order valence-electron chi connectivity index (χ3n) is 2.76. The minimum atomic E-state index is -0.506. The van der Waals surface area contributed by atoms with Crippen molar-refractivity contribution in [2.24, 2.45) is 0 Å². The van der Waals surface area contributed by atoms with Gasteiger partial charge in [0.05, 0.1) is 18.1 Å². The quantitative estimate of drug-likeness (QED) is 0.267. The molecule has 0 aromatic heterocycles. The van der Waals surface area contributed by atoms with Crippen LogP contribution in [0, 0.1) is 0 Å². The monoisotopic (exact) mass is 254 g/mol. The zero-order valence-corrected chi connectivity index (χ0v) is 11.7. The van der Waals surface area contributed by atoms with E-state index in [2.05, 4.69) is 6.92 Å². The average Bonchev–Trinajstić information content (AvgIpc) is 2.39. The van der Waals surface area contributed by atoms with Crippen molar-refractivity contribution in [2.45, 2.75) is 65.2 Å². The second kappa shape index (κ2) is 12.2. The van der Waals surface area contributed by atoms with E-state index in [4.69, 9.17) is 9.84 Å². The average molecular weight is 254 g/mol. The molecule has 0 saturated carbocycles. The van der Waals surface area contributed by atoms with Gasteiger partial charge in [-0.05, 0) is 25.8 Å². The lowest BCUT2D eigenvalue weighted by molar-refractivity contribution is -0.133. The third-order valence-corrected chi connectivity index (χ3v) is 2.76. The van der Waals surface area contributed by atoms with Crippen molar-refractivity contribution in [3.05, 3.63) is 24.2 Å². The number of aliphatic hydroxyl groups excluding tert-OH is 1. The van der Waals surface area contributed by atoms with Crippen LogP contribution in [0.15, 0.2) is 24.2 Å². The van der Waals surface area contributed by atoms with E-state index >= 15 is 0 Å².